The van der Waals surface area contributed by atoms with Gasteiger partial charge in [0.1, 0.15) is 12.1 Å². The Morgan fingerprint density at radius 3 is 2.60 bits per heavy atom. The smallest absolute Gasteiger partial charge is 0.142 e. The molecular formula is C17H21ClO2. The zero-order valence-electron chi connectivity index (χ0n) is 11.8. The van der Waals surface area contributed by atoms with Crippen molar-refractivity contribution in [3.8, 4) is 0 Å². The molecule has 108 valence electrons. The number of rotatable bonds is 9. The Morgan fingerprint density at radius 2 is 2.00 bits per heavy atom. The Balaban J connectivity index is 2.73. The van der Waals surface area contributed by atoms with Crippen molar-refractivity contribution in [3.05, 3.63) is 47.5 Å². The lowest BCUT2D eigenvalue weighted by Crippen LogP contribution is -2.13. The molecule has 0 saturated carbocycles. The Hall–Kier alpha value is -1.41. The van der Waals surface area contributed by atoms with Gasteiger partial charge in [0.15, 0.2) is 0 Å². The van der Waals surface area contributed by atoms with Crippen molar-refractivity contribution in [1.82, 2.24) is 0 Å². The first-order valence-electron chi connectivity index (χ1n) is 6.91. The fourth-order valence-electron chi connectivity index (χ4n) is 2.18. The van der Waals surface area contributed by atoms with Crippen LogP contribution in [0.15, 0.2) is 42.0 Å². The SMILES string of the molecule is CC(=CC=O)C(CC(=O)CCCCl)Cc1ccccc1. The highest BCUT2D eigenvalue weighted by Crippen LogP contribution is 2.21. The molecule has 1 atom stereocenters. The van der Waals surface area contributed by atoms with Gasteiger partial charge in [0.25, 0.3) is 0 Å². The molecule has 1 aromatic carbocycles. The molecule has 0 heterocycles. The van der Waals surface area contributed by atoms with Crippen molar-refractivity contribution >= 4 is 23.7 Å². The second-order valence-corrected chi connectivity index (χ2v) is 5.35. The summed E-state index contributed by atoms with van der Waals surface area (Å²) in [5, 5.41) is 0. The normalized spacial score (nSPS) is 13.0. The predicted octanol–water partition coefficient (Wildman–Crippen LogP) is 3.97. The fraction of sp³-hybridized carbons (Fsp3) is 0.412. The minimum atomic E-state index is 0.0884. The first-order valence-corrected chi connectivity index (χ1v) is 7.44. The van der Waals surface area contributed by atoms with Crippen LogP contribution >= 0.6 is 11.6 Å². The van der Waals surface area contributed by atoms with Crippen LogP contribution in [0.3, 0.4) is 0 Å². The van der Waals surface area contributed by atoms with Crippen molar-refractivity contribution in [1.29, 1.82) is 0 Å². The van der Waals surface area contributed by atoms with Crippen molar-refractivity contribution in [3.63, 3.8) is 0 Å². The van der Waals surface area contributed by atoms with Gasteiger partial charge in [-0.1, -0.05) is 35.9 Å². The molecule has 3 heteroatoms. The maximum Gasteiger partial charge on any atom is 0.142 e. The summed E-state index contributed by atoms with van der Waals surface area (Å²) >= 11 is 5.61. The molecule has 0 fully saturated rings. The monoisotopic (exact) mass is 292 g/mol. The lowest BCUT2D eigenvalue weighted by atomic mass is 9.87. The molecule has 0 bridgehead atoms. The zero-order valence-corrected chi connectivity index (χ0v) is 12.6. The number of allylic oxidation sites excluding steroid dienone is 2. The van der Waals surface area contributed by atoms with Gasteiger partial charge in [0.05, 0.1) is 0 Å². The molecule has 0 saturated heterocycles. The summed E-state index contributed by atoms with van der Waals surface area (Å²) in [7, 11) is 0. The van der Waals surface area contributed by atoms with Gasteiger partial charge in [-0.05, 0) is 37.3 Å². The lowest BCUT2D eigenvalue weighted by molar-refractivity contribution is -0.119. The Morgan fingerprint density at radius 1 is 1.30 bits per heavy atom. The number of aldehydes is 1. The Bertz CT molecular complexity index is 451. The molecule has 0 aliphatic rings. The number of halogens is 1. The van der Waals surface area contributed by atoms with E-state index in [9.17, 15) is 9.59 Å². The van der Waals surface area contributed by atoms with Crippen LogP contribution in [0.25, 0.3) is 0 Å². The average molecular weight is 293 g/mol. The van der Waals surface area contributed by atoms with Crippen LogP contribution in [0.2, 0.25) is 0 Å². The lowest BCUT2D eigenvalue weighted by Gasteiger charge is -2.17. The summed E-state index contributed by atoms with van der Waals surface area (Å²) in [4.78, 5) is 22.6. The van der Waals surface area contributed by atoms with Crippen molar-refractivity contribution < 1.29 is 9.59 Å². The van der Waals surface area contributed by atoms with Crippen LogP contribution in [0.4, 0.5) is 0 Å². The fourth-order valence-corrected chi connectivity index (χ4v) is 2.31. The van der Waals surface area contributed by atoms with E-state index in [1.807, 2.05) is 37.3 Å². The van der Waals surface area contributed by atoms with E-state index >= 15 is 0 Å². The second kappa shape index (κ2) is 9.49. The number of hydrogen-bond donors (Lipinski definition) is 0. The molecule has 0 spiro atoms. The summed E-state index contributed by atoms with van der Waals surface area (Å²) in [6.07, 6.45) is 4.84. The molecule has 0 amide bonds. The van der Waals surface area contributed by atoms with Gasteiger partial charge in [0.2, 0.25) is 0 Å². The van der Waals surface area contributed by atoms with Gasteiger partial charge in [-0.3, -0.25) is 9.59 Å². The number of benzene rings is 1. The summed E-state index contributed by atoms with van der Waals surface area (Å²) in [6, 6.07) is 10.0. The van der Waals surface area contributed by atoms with Crippen molar-refractivity contribution in [2.75, 3.05) is 5.88 Å². The minimum Gasteiger partial charge on any atom is -0.300 e. The second-order valence-electron chi connectivity index (χ2n) is 4.97. The number of carbonyl (C=O) groups is 2. The number of hydrogen-bond acceptors (Lipinski definition) is 2. The summed E-state index contributed by atoms with van der Waals surface area (Å²) < 4.78 is 0. The van der Waals surface area contributed by atoms with Gasteiger partial charge in [-0.25, -0.2) is 0 Å². The number of ketones is 1. The molecule has 0 aliphatic heterocycles. The minimum absolute atomic E-state index is 0.0884. The highest BCUT2D eigenvalue weighted by atomic mass is 35.5. The van der Waals surface area contributed by atoms with E-state index in [1.54, 1.807) is 6.08 Å². The van der Waals surface area contributed by atoms with E-state index < -0.39 is 0 Å². The highest BCUT2D eigenvalue weighted by molar-refractivity contribution is 6.17. The molecule has 20 heavy (non-hydrogen) atoms. The van der Waals surface area contributed by atoms with Crippen LogP contribution in [-0.2, 0) is 16.0 Å². The van der Waals surface area contributed by atoms with E-state index in [1.165, 1.54) is 5.56 Å². The third-order valence-electron chi connectivity index (χ3n) is 3.36. The van der Waals surface area contributed by atoms with Crippen molar-refractivity contribution in [2.45, 2.75) is 32.6 Å². The summed E-state index contributed by atoms with van der Waals surface area (Å²) in [5.74, 6) is 0.814. The molecule has 2 nitrogen and oxygen atoms in total. The average Bonchev–Trinajstić information content (AvgIpc) is 2.46. The number of carbonyl (C=O) groups excluding carboxylic acids is 2. The number of Topliss-reactive ketones (excluding diaryl/α,β-unsaturated/α-hetero) is 1. The van der Waals surface area contributed by atoms with E-state index in [0.717, 1.165) is 24.7 Å². The van der Waals surface area contributed by atoms with Gasteiger partial charge in [-0.2, -0.15) is 0 Å². The standard InChI is InChI=1S/C17H21ClO2/c1-14(9-11-19)16(13-17(20)8-5-10-18)12-15-6-3-2-4-7-15/h2-4,6-7,9,11,16H,5,8,10,12-13H2,1H3. The zero-order chi connectivity index (χ0) is 14.8. The first-order chi connectivity index (χ1) is 9.67. The van der Waals surface area contributed by atoms with Crippen LogP contribution < -0.4 is 0 Å². The van der Waals surface area contributed by atoms with Gasteiger partial charge in [-0.15, -0.1) is 11.6 Å². The molecule has 1 rings (SSSR count). The molecule has 0 N–H and O–H groups in total. The van der Waals surface area contributed by atoms with Crippen LogP contribution in [0.1, 0.15) is 31.7 Å². The Kier molecular flexibility index (Phi) is 7.89. The van der Waals surface area contributed by atoms with Gasteiger partial charge >= 0.3 is 0 Å². The molecule has 0 aromatic heterocycles. The van der Waals surface area contributed by atoms with Crippen LogP contribution in [-0.4, -0.2) is 17.9 Å². The first kappa shape index (κ1) is 16.6. The topological polar surface area (TPSA) is 34.1 Å². The molecule has 0 radical (unpaired) electrons. The molecular weight excluding hydrogens is 272 g/mol. The summed E-state index contributed by atoms with van der Waals surface area (Å²) in [5.41, 5.74) is 2.14. The quantitative estimate of drug-likeness (QED) is 0.392. The van der Waals surface area contributed by atoms with Crippen LogP contribution in [0, 0.1) is 5.92 Å². The highest BCUT2D eigenvalue weighted by Gasteiger charge is 2.16. The van der Waals surface area contributed by atoms with Crippen molar-refractivity contribution in [2.24, 2.45) is 5.92 Å². The third kappa shape index (κ3) is 6.16. The van der Waals surface area contributed by atoms with Crippen LogP contribution in [0.5, 0.6) is 0 Å². The van der Waals surface area contributed by atoms with E-state index in [2.05, 4.69) is 0 Å². The number of alkyl halides is 1. The predicted molar refractivity (Wildman–Crippen MR) is 83.0 cm³/mol. The maximum absolute atomic E-state index is 11.9. The van der Waals surface area contributed by atoms with E-state index in [-0.39, 0.29) is 11.7 Å². The Labute approximate surface area is 125 Å². The summed E-state index contributed by atoms with van der Waals surface area (Å²) in [6.45, 7) is 1.91. The largest absolute Gasteiger partial charge is 0.300 e. The third-order valence-corrected chi connectivity index (χ3v) is 3.63. The van der Waals surface area contributed by atoms with E-state index in [0.29, 0.717) is 18.7 Å². The molecule has 1 aromatic rings. The van der Waals surface area contributed by atoms with E-state index in [4.69, 9.17) is 11.6 Å². The molecule has 1 unspecified atom stereocenters. The van der Waals surface area contributed by atoms with Gasteiger partial charge < -0.3 is 0 Å². The molecule has 0 aliphatic carbocycles. The van der Waals surface area contributed by atoms with Gasteiger partial charge in [0, 0.05) is 18.7 Å². The maximum atomic E-state index is 11.9.